The topological polar surface area (TPSA) is 59.0 Å². The van der Waals surface area contributed by atoms with Crippen molar-refractivity contribution < 1.29 is 19.4 Å². The second-order valence-corrected chi connectivity index (χ2v) is 5.66. The summed E-state index contributed by atoms with van der Waals surface area (Å²) in [6, 6.07) is 5.80. The minimum absolute atomic E-state index is 0.183. The van der Waals surface area contributed by atoms with Gasteiger partial charge < -0.3 is 19.5 Å². The van der Waals surface area contributed by atoms with E-state index in [0.29, 0.717) is 18.8 Å². The van der Waals surface area contributed by atoms with E-state index in [4.69, 9.17) is 14.6 Å². The van der Waals surface area contributed by atoms with Crippen molar-refractivity contribution in [1.29, 1.82) is 0 Å². The molecule has 1 aromatic rings. The van der Waals surface area contributed by atoms with Crippen molar-refractivity contribution in [2.45, 2.75) is 25.7 Å². The van der Waals surface area contributed by atoms with Gasteiger partial charge in [0, 0.05) is 26.1 Å². The van der Waals surface area contributed by atoms with Crippen molar-refractivity contribution >= 4 is 5.91 Å². The molecule has 0 aromatic heterocycles. The van der Waals surface area contributed by atoms with Crippen LogP contribution in [0.5, 0.6) is 11.5 Å². The minimum Gasteiger partial charge on any atom is -0.454 e. The average molecular weight is 291 g/mol. The average Bonchev–Trinajstić information content (AvgIpc) is 3.02. The van der Waals surface area contributed by atoms with E-state index in [1.807, 2.05) is 23.1 Å². The van der Waals surface area contributed by atoms with Gasteiger partial charge in [-0.2, -0.15) is 0 Å². The number of carbonyl (C=O) groups is 1. The fourth-order valence-electron chi connectivity index (χ4n) is 2.95. The van der Waals surface area contributed by atoms with Gasteiger partial charge in [-0.25, -0.2) is 0 Å². The molecule has 1 saturated heterocycles. The van der Waals surface area contributed by atoms with Gasteiger partial charge in [0.2, 0.25) is 12.7 Å². The third-order valence-corrected chi connectivity index (χ3v) is 4.31. The predicted octanol–water partition coefficient (Wildman–Crippen LogP) is 1.58. The lowest BCUT2D eigenvalue weighted by Crippen LogP contribution is -2.39. The van der Waals surface area contributed by atoms with E-state index in [-0.39, 0.29) is 19.3 Å². The monoisotopic (exact) mass is 291 g/mol. The van der Waals surface area contributed by atoms with Crippen molar-refractivity contribution in [3.8, 4) is 11.5 Å². The maximum Gasteiger partial charge on any atom is 0.231 e. The molecule has 0 radical (unpaired) electrons. The Morgan fingerprint density at radius 1 is 1.29 bits per heavy atom. The molecule has 21 heavy (non-hydrogen) atoms. The van der Waals surface area contributed by atoms with Crippen LogP contribution in [-0.4, -0.2) is 42.4 Å². The summed E-state index contributed by atoms with van der Waals surface area (Å²) in [4.78, 5) is 14.2. The zero-order chi connectivity index (χ0) is 14.7. The molecule has 0 spiro atoms. The second-order valence-electron chi connectivity index (χ2n) is 5.66. The van der Waals surface area contributed by atoms with Crippen LogP contribution in [0.2, 0.25) is 0 Å². The molecule has 5 nitrogen and oxygen atoms in total. The number of ether oxygens (including phenoxy) is 2. The number of nitrogens with zero attached hydrogens (tertiary/aromatic N) is 1. The van der Waals surface area contributed by atoms with Crippen LogP contribution in [0, 0.1) is 5.92 Å². The van der Waals surface area contributed by atoms with Crippen LogP contribution in [-0.2, 0) is 11.2 Å². The molecule has 2 aliphatic rings. The number of aliphatic hydroxyl groups excluding tert-OH is 1. The quantitative estimate of drug-likeness (QED) is 0.915. The van der Waals surface area contributed by atoms with Crippen LogP contribution in [0.25, 0.3) is 0 Å². The van der Waals surface area contributed by atoms with Gasteiger partial charge in [0.05, 0.1) is 0 Å². The van der Waals surface area contributed by atoms with E-state index in [9.17, 15) is 4.79 Å². The van der Waals surface area contributed by atoms with E-state index in [2.05, 4.69) is 0 Å². The number of piperidine rings is 1. The molecule has 1 fully saturated rings. The molecule has 2 aliphatic heterocycles. The van der Waals surface area contributed by atoms with E-state index in [1.165, 1.54) is 0 Å². The molecule has 114 valence electrons. The highest BCUT2D eigenvalue weighted by atomic mass is 16.7. The van der Waals surface area contributed by atoms with Crippen LogP contribution >= 0.6 is 0 Å². The first-order chi connectivity index (χ1) is 10.3. The lowest BCUT2D eigenvalue weighted by Gasteiger charge is -2.31. The smallest absolute Gasteiger partial charge is 0.231 e. The Kier molecular flexibility index (Phi) is 4.29. The Bertz CT molecular complexity index is 509. The Hall–Kier alpha value is -1.75. The molecule has 1 N–H and O–H groups in total. The summed E-state index contributed by atoms with van der Waals surface area (Å²) in [5.74, 6) is 2.09. The first-order valence-corrected chi connectivity index (χ1v) is 7.54. The van der Waals surface area contributed by atoms with Crippen molar-refractivity contribution in [2.75, 3.05) is 26.5 Å². The Labute approximate surface area is 124 Å². The van der Waals surface area contributed by atoms with Crippen molar-refractivity contribution in [3.63, 3.8) is 0 Å². The maximum atomic E-state index is 12.3. The number of aryl methyl sites for hydroxylation is 1. The number of carbonyl (C=O) groups excluding carboxylic acids is 1. The summed E-state index contributed by atoms with van der Waals surface area (Å²) >= 11 is 0. The van der Waals surface area contributed by atoms with E-state index in [1.54, 1.807) is 0 Å². The van der Waals surface area contributed by atoms with Gasteiger partial charge >= 0.3 is 0 Å². The first kappa shape index (κ1) is 14.2. The standard InChI is InChI=1S/C16H21NO4/c18-10-12-6-8-17(9-7-12)15(19)5-4-13-2-1-3-14-16(13)21-11-20-14/h1-3,12,18H,4-11H2. The summed E-state index contributed by atoms with van der Waals surface area (Å²) in [6.07, 6.45) is 2.97. The molecule has 3 rings (SSSR count). The Morgan fingerprint density at radius 2 is 2.10 bits per heavy atom. The van der Waals surface area contributed by atoms with Crippen LogP contribution in [0.3, 0.4) is 0 Å². The lowest BCUT2D eigenvalue weighted by molar-refractivity contribution is -0.132. The fourth-order valence-corrected chi connectivity index (χ4v) is 2.95. The molecule has 0 aliphatic carbocycles. The molecule has 0 unspecified atom stereocenters. The van der Waals surface area contributed by atoms with Crippen LogP contribution in [0.1, 0.15) is 24.8 Å². The SMILES string of the molecule is O=C(CCc1cccc2c1OCO2)N1CCC(CO)CC1. The second kappa shape index (κ2) is 6.35. The number of benzene rings is 1. The molecular formula is C16H21NO4. The molecule has 5 heteroatoms. The van der Waals surface area contributed by atoms with Gasteiger partial charge in [-0.3, -0.25) is 4.79 Å². The summed E-state index contributed by atoms with van der Waals surface area (Å²) < 4.78 is 10.8. The van der Waals surface area contributed by atoms with E-state index in [0.717, 1.165) is 43.0 Å². The zero-order valence-corrected chi connectivity index (χ0v) is 12.1. The number of amides is 1. The molecule has 0 saturated carbocycles. The number of rotatable bonds is 4. The third-order valence-electron chi connectivity index (χ3n) is 4.31. The number of para-hydroxylation sites is 1. The molecule has 1 aromatic carbocycles. The summed E-state index contributed by atoms with van der Waals surface area (Å²) in [5.41, 5.74) is 1.03. The zero-order valence-electron chi connectivity index (χ0n) is 12.1. The highest BCUT2D eigenvalue weighted by molar-refractivity contribution is 5.76. The van der Waals surface area contributed by atoms with Crippen molar-refractivity contribution in [3.05, 3.63) is 23.8 Å². The maximum absolute atomic E-state index is 12.3. The Morgan fingerprint density at radius 3 is 2.86 bits per heavy atom. The van der Waals surface area contributed by atoms with Crippen LogP contribution in [0.4, 0.5) is 0 Å². The van der Waals surface area contributed by atoms with Gasteiger partial charge in [0.25, 0.3) is 0 Å². The van der Waals surface area contributed by atoms with Crippen molar-refractivity contribution in [1.82, 2.24) is 4.90 Å². The van der Waals surface area contributed by atoms with Crippen LogP contribution < -0.4 is 9.47 Å². The molecule has 0 atom stereocenters. The number of likely N-dealkylation sites (tertiary alicyclic amines) is 1. The van der Waals surface area contributed by atoms with Gasteiger partial charge in [-0.15, -0.1) is 0 Å². The number of aliphatic hydroxyl groups is 1. The largest absolute Gasteiger partial charge is 0.454 e. The molecule has 1 amide bonds. The third kappa shape index (κ3) is 3.13. The molecule has 2 heterocycles. The van der Waals surface area contributed by atoms with E-state index >= 15 is 0 Å². The van der Waals surface area contributed by atoms with Gasteiger partial charge in [-0.05, 0) is 36.8 Å². The highest BCUT2D eigenvalue weighted by Crippen LogP contribution is 2.35. The molecular weight excluding hydrogens is 270 g/mol. The van der Waals surface area contributed by atoms with Crippen LogP contribution in [0.15, 0.2) is 18.2 Å². The number of hydrogen-bond acceptors (Lipinski definition) is 4. The van der Waals surface area contributed by atoms with Gasteiger partial charge in [-0.1, -0.05) is 12.1 Å². The molecule has 0 bridgehead atoms. The normalized spacial score (nSPS) is 18.0. The lowest BCUT2D eigenvalue weighted by atomic mass is 9.97. The van der Waals surface area contributed by atoms with Gasteiger partial charge in [0.15, 0.2) is 11.5 Å². The number of fused-ring (bicyclic) bond motifs is 1. The summed E-state index contributed by atoms with van der Waals surface area (Å²) in [5, 5.41) is 9.13. The summed E-state index contributed by atoms with van der Waals surface area (Å²) in [7, 11) is 0. The highest BCUT2D eigenvalue weighted by Gasteiger charge is 2.23. The van der Waals surface area contributed by atoms with Gasteiger partial charge in [0.1, 0.15) is 0 Å². The predicted molar refractivity (Wildman–Crippen MR) is 77.3 cm³/mol. The minimum atomic E-state index is 0.183. The first-order valence-electron chi connectivity index (χ1n) is 7.54. The van der Waals surface area contributed by atoms with Crippen molar-refractivity contribution in [2.24, 2.45) is 5.92 Å². The number of hydrogen-bond donors (Lipinski definition) is 1. The van der Waals surface area contributed by atoms with E-state index < -0.39 is 0 Å². The fraction of sp³-hybridized carbons (Fsp3) is 0.562. The Balaban J connectivity index is 1.54. The summed E-state index contributed by atoms with van der Waals surface area (Å²) in [6.45, 7) is 2.01.